The lowest BCUT2D eigenvalue weighted by Gasteiger charge is -2.62. The minimum Gasteiger partial charge on any atom is -0.345 e. The van der Waals surface area contributed by atoms with Crippen molar-refractivity contribution >= 4 is 5.91 Å². The van der Waals surface area contributed by atoms with Crippen molar-refractivity contribution in [2.75, 3.05) is 0 Å². The number of nitrogens with zero attached hydrogens (tertiary/aromatic N) is 3. The van der Waals surface area contributed by atoms with E-state index >= 15 is 0 Å². The standard InChI is InChI=1S/C10H18N6O/c1-9(2)7(11)10(3,4)8(9)12-6(17)5-13-15-16-14-5/h7-8H,11H2,1-4H3,(H,12,17)(H,13,14,15,16). The molecule has 2 rings (SSSR count). The van der Waals surface area contributed by atoms with Crippen LogP contribution in [0.4, 0.5) is 0 Å². The minimum absolute atomic E-state index is 0.00370. The third-order valence-corrected chi connectivity index (χ3v) is 3.92. The lowest BCUT2D eigenvalue weighted by molar-refractivity contribution is -0.0664. The summed E-state index contributed by atoms with van der Waals surface area (Å²) in [5, 5.41) is 15.8. The summed E-state index contributed by atoms with van der Waals surface area (Å²) in [6, 6.07) is 0.0431. The Bertz CT molecular complexity index is 408. The quantitative estimate of drug-likeness (QED) is 0.654. The molecule has 0 aliphatic heterocycles. The molecule has 17 heavy (non-hydrogen) atoms. The number of aromatic amines is 1. The van der Waals surface area contributed by atoms with Gasteiger partial charge >= 0.3 is 0 Å². The van der Waals surface area contributed by atoms with Gasteiger partial charge in [-0.15, -0.1) is 10.2 Å². The summed E-state index contributed by atoms with van der Waals surface area (Å²) >= 11 is 0. The van der Waals surface area contributed by atoms with Gasteiger partial charge in [0.1, 0.15) is 0 Å². The highest BCUT2D eigenvalue weighted by molar-refractivity contribution is 5.90. The molecule has 0 saturated heterocycles. The van der Waals surface area contributed by atoms with E-state index in [1.54, 1.807) is 0 Å². The first-order valence-electron chi connectivity index (χ1n) is 5.58. The van der Waals surface area contributed by atoms with Crippen molar-refractivity contribution in [2.45, 2.75) is 39.8 Å². The molecular weight excluding hydrogens is 220 g/mol. The number of aromatic nitrogens is 4. The van der Waals surface area contributed by atoms with Gasteiger partial charge in [0.25, 0.3) is 11.7 Å². The SMILES string of the molecule is CC1(C)C(N)C(C)(C)C1NC(=O)c1nn[nH]n1. The Morgan fingerprint density at radius 1 is 1.35 bits per heavy atom. The number of H-pyrrole nitrogens is 1. The van der Waals surface area contributed by atoms with Gasteiger partial charge in [-0.3, -0.25) is 4.79 Å². The van der Waals surface area contributed by atoms with Gasteiger partial charge in [-0.2, -0.15) is 5.21 Å². The van der Waals surface area contributed by atoms with E-state index in [1.807, 2.05) is 27.7 Å². The van der Waals surface area contributed by atoms with Crippen LogP contribution < -0.4 is 11.1 Å². The first kappa shape index (κ1) is 12.0. The number of nitrogens with one attached hydrogen (secondary N) is 2. The average Bonchev–Trinajstić information content (AvgIpc) is 2.77. The molecule has 0 radical (unpaired) electrons. The van der Waals surface area contributed by atoms with Gasteiger partial charge in [-0.1, -0.05) is 27.7 Å². The molecule has 0 spiro atoms. The van der Waals surface area contributed by atoms with Crippen LogP contribution in [0.5, 0.6) is 0 Å². The zero-order valence-electron chi connectivity index (χ0n) is 10.5. The third kappa shape index (κ3) is 1.61. The molecule has 1 aliphatic carbocycles. The summed E-state index contributed by atoms with van der Waals surface area (Å²) in [4.78, 5) is 11.9. The Balaban J connectivity index is 2.12. The molecule has 7 heteroatoms. The molecule has 1 aromatic heterocycles. The second-order valence-corrected chi connectivity index (χ2v) is 5.76. The van der Waals surface area contributed by atoms with Crippen molar-refractivity contribution in [2.24, 2.45) is 16.6 Å². The van der Waals surface area contributed by atoms with Gasteiger partial charge in [0.15, 0.2) is 0 Å². The van der Waals surface area contributed by atoms with Crippen molar-refractivity contribution in [3.63, 3.8) is 0 Å². The van der Waals surface area contributed by atoms with Crippen LogP contribution in [0.1, 0.15) is 38.3 Å². The molecule has 4 N–H and O–H groups in total. The Hall–Kier alpha value is -1.50. The molecule has 7 nitrogen and oxygen atoms in total. The Morgan fingerprint density at radius 3 is 2.41 bits per heavy atom. The molecule has 0 atom stereocenters. The molecular formula is C10H18N6O. The topological polar surface area (TPSA) is 110 Å². The van der Waals surface area contributed by atoms with Crippen LogP contribution in [0.2, 0.25) is 0 Å². The van der Waals surface area contributed by atoms with E-state index < -0.39 is 0 Å². The van der Waals surface area contributed by atoms with E-state index in [9.17, 15) is 4.79 Å². The van der Waals surface area contributed by atoms with E-state index in [1.165, 1.54) is 0 Å². The number of carbonyl (C=O) groups excluding carboxylic acids is 1. The maximum absolute atomic E-state index is 11.9. The summed E-state index contributed by atoms with van der Waals surface area (Å²) in [5.74, 6) is -0.270. The lowest BCUT2D eigenvalue weighted by Crippen LogP contribution is -2.76. The van der Waals surface area contributed by atoms with E-state index in [-0.39, 0.29) is 34.6 Å². The van der Waals surface area contributed by atoms with Crippen molar-refractivity contribution in [1.82, 2.24) is 25.9 Å². The summed E-state index contributed by atoms with van der Waals surface area (Å²) in [6.07, 6.45) is 0. The zero-order chi connectivity index (χ0) is 12.8. The van der Waals surface area contributed by atoms with Gasteiger partial charge in [-0.25, -0.2) is 0 Å². The largest absolute Gasteiger partial charge is 0.345 e. The highest BCUT2D eigenvalue weighted by Gasteiger charge is 2.60. The molecule has 0 aromatic carbocycles. The highest BCUT2D eigenvalue weighted by atomic mass is 16.2. The van der Waals surface area contributed by atoms with E-state index in [0.717, 1.165) is 0 Å². The molecule has 1 heterocycles. The van der Waals surface area contributed by atoms with Crippen molar-refractivity contribution in [1.29, 1.82) is 0 Å². The van der Waals surface area contributed by atoms with Crippen LogP contribution in [0.3, 0.4) is 0 Å². The number of hydrogen-bond donors (Lipinski definition) is 3. The molecule has 1 amide bonds. The van der Waals surface area contributed by atoms with Crippen molar-refractivity contribution < 1.29 is 4.79 Å². The molecule has 1 aliphatic rings. The Labute approximate surface area is 99.5 Å². The predicted molar refractivity (Wildman–Crippen MR) is 61.0 cm³/mol. The predicted octanol–water partition coefficient (Wildman–Crippen LogP) is -0.309. The van der Waals surface area contributed by atoms with Crippen LogP contribution >= 0.6 is 0 Å². The maximum atomic E-state index is 11.9. The summed E-state index contributed by atoms with van der Waals surface area (Å²) < 4.78 is 0. The van der Waals surface area contributed by atoms with Crippen LogP contribution in [0.25, 0.3) is 0 Å². The van der Waals surface area contributed by atoms with Crippen LogP contribution in [-0.4, -0.2) is 38.6 Å². The monoisotopic (exact) mass is 238 g/mol. The number of carbonyl (C=O) groups is 1. The number of hydrogen-bond acceptors (Lipinski definition) is 5. The van der Waals surface area contributed by atoms with Crippen molar-refractivity contribution in [3.05, 3.63) is 5.82 Å². The Morgan fingerprint density at radius 2 is 1.94 bits per heavy atom. The zero-order valence-corrected chi connectivity index (χ0v) is 10.5. The number of nitrogens with two attached hydrogens (primary N) is 1. The second kappa shape index (κ2) is 3.49. The second-order valence-electron chi connectivity index (χ2n) is 5.76. The van der Waals surface area contributed by atoms with E-state index in [0.29, 0.717) is 0 Å². The van der Waals surface area contributed by atoms with Gasteiger partial charge in [0.05, 0.1) is 0 Å². The first-order chi connectivity index (χ1) is 7.78. The first-order valence-corrected chi connectivity index (χ1v) is 5.58. The summed E-state index contributed by atoms with van der Waals surface area (Å²) in [7, 11) is 0. The van der Waals surface area contributed by atoms with Crippen LogP contribution in [0, 0.1) is 10.8 Å². The molecule has 1 fully saturated rings. The fourth-order valence-electron chi connectivity index (χ4n) is 3.01. The van der Waals surface area contributed by atoms with Gasteiger partial charge in [0, 0.05) is 22.9 Å². The van der Waals surface area contributed by atoms with E-state index in [4.69, 9.17) is 5.73 Å². The van der Waals surface area contributed by atoms with Gasteiger partial charge < -0.3 is 11.1 Å². The molecule has 1 aromatic rings. The molecule has 94 valence electrons. The van der Waals surface area contributed by atoms with Gasteiger partial charge in [-0.05, 0) is 5.21 Å². The number of rotatable bonds is 2. The van der Waals surface area contributed by atoms with Gasteiger partial charge in [0.2, 0.25) is 0 Å². The normalized spacial score (nSPS) is 29.5. The Kier molecular flexibility index (Phi) is 2.46. The average molecular weight is 238 g/mol. The highest BCUT2D eigenvalue weighted by Crippen LogP contribution is 2.52. The smallest absolute Gasteiger partial charge is 0.293 e. The fraction of sp³-hybridized carbons (Fsp3) is 0.800. The molecule has 0 bridgehead atoms. The number of tetrazole rings is 1. The lowest BCUT2D eigenvalue weighted by atomic mass is 9.48. The van der Waals surface area contributed by atoms with Crippen molar-refractivity contribution in [3.8, 4) is 0 Å². The fourth-order valence-corrected chi connectivity index (χ4v) is 3.01. The molecule has 0 unspecified atom stereocenters. The van der Waals surface area contributed by atoms with Crippen LogP contribution in [0.15, 0.2) is 0 Å². The van der Waals surface area contributed by atoms with E-state index in [2.05, 4.69) is 25.9 Å². The third-order valence-electron chi connectivity index (χ3n) is 3.92. The molecule has 1 saturated carbocycles. The maximum Gasteiger partial charge on any atom is 0.293 e. The minimum atomic E-state index is -0.322. The number of amides is 1. The summed E-state index contributed by atoms with van der Waals surface area (Å²) in [6.45, 7) is 8.18. The van der Waals surface area contributed by atoms with Crippen LogP contribution in [-0.2, 0) is 0 Å². The summed E-state index contributed by atoms with van der Waals surface area (Å²) in [5.41, 5.74) is 5.85.